The predicted octanol–water partition coefficient (Wildman–Crippen LogP) is 6.01. The number of amides is 5. The van der Waals surface area contributed by atoms with E-state index in [1.807, 2.05) is 12.1 Å². The Morgan fingerprint density at radius 1 is 0.750 bits per heavy atom. The van der Waals surface area contributed by atoms with Crippen molar-refractivity contribution in [1.82, 2.24) is 10.2 Å². The van der Waals surface area contributed by atoms with E-state index >= 15 is 0 Å². The van der Waals surface area contributed by atoms with Crippen LogP contribution in [0.1, 0.15) is 117 Å². The van der Waals surface area contributed by atoms with E-state index in [4.69, 9.17) is 18.9 Å². The Balaban J connectivity index is 0.958. The Morgan fingerprint density at radius 2 is 1.40 bits per heavy atom. The number of nitrogens with zero attached hydrogens (tertiary/aromatic N) is 1. The van der Waals surface area contributed by atoms with Crippen LogP contribution in [0.25, 0.3) is 0 Å². The third-order valence-corrected chi connectivity index (χ3v) is 9.17. The summed E-state index contributed by atoms with van der Waals surface area (Å²) in [6.07, 6.45) is 12.9. The summed E-state index contributed by atoms with van der Waals surface area (Å²) in [6.45, 7) is 5.69. The molecular formula is C40H55N3O9. The molecule has 1 atom stereocenters. The highest BCUT2D eigenvalue weighted by atomic mass is 16.6. The first kappa shape index (κ1) is 40.6. The number of piperidine rings is 1. The molecule has 2 N–H and O–H groups in total. The van der Waals surface area contributed by atoms with Gasteiger partial charge in [-0.2, -0.15) is 0 Å². The normalized spacial score (nSPS) is 15.6. The smallest absolute Gasteiger partial charge is 0.264 e. The molecule has 284 valence electrons. The Bertz CT molecular complexity index is 1460. The number of unbranched alkanes of at least 4 members (excludes halogenated alkanes) is 8. The number of nitrogens with one attached hydrogen (secondary N) is 2. The molecule has 52 heavy (non-hydrogen) atoms. The van der Waals surface area contributed by atoms with Gasteiger partial charge in [0, 0.05) is 19.4 Å². The zero-order chi connectivity index (χ0) is 37.0. The minimum Gasteiger partial charge on any atom is -0.491 e. The van der Waals surface area contributed by atoms with Crippen molar-refractivity contribution in [3.8, 4) is 5.75 Å². The maximum Gasteiger partial charge on any atom is 0.264 e. The van der Waals surface area contributed by atoms with Crippen molar-refractivity contribution in [2.45, 2.75) is 103 Å². The second-order valence-corrected chi connectivity index (χ2v) is 13.2. The summed E-state index contributed by atoms with van der Waals surface area (Å²) >= 11 is 0. The van der Waals surface area contributed by atoms with Crippen molar-refractivity contribution in [1.29, 1.82) is 0 Å². The molecule has 12 heteroatoms. The molecule has 2 aromatic carbocycles. The molecule has 12 nitrogen and oxygen atoms in total. The molecule has 0 bridgehead atoms. The topological polar surface area (TPSA) is 150 Å². The fourth-order valence-electron chi connectivity index (χ4n) is 6.30. The minimum atomic E-state index is -1.06. The molecule has 1 fully saturated rings. The van der Waals surface area contributed by atoms with Gasteiger partial charge in [0.05, 0.1) is 49.8 Å². The van der Waals surface area contributed by atoms with E-state index < -0.39 is 29.7 Å². The van der Waals surface area contributed by atoms with Gasteiger partial charge in [0.15, 0.2) is 0 Å². The van der Waals surface area contributed by atoms with Crippen molar-refractivity contribution < 1.29 is 42.9 Å². The van der Waals surface area contributed by atoms with E-state index in [-0.39, 0.29) is 42.0 Å². The average molecular weight is 722 g/mol. The van der Waals surface area contributed by atoms with Crippen molar-refractivity contribution in [3.05, 3.63) is 59.2 Å². The first-order chi connectivity index (χ1) is 25.4. The van der Waals surface area contributed by atoms with Gasteiger partial charge in [-0.05, 0) is 61.9 Å². The van der Waals surface area contributed by atoms with Crippen LogP contribution in [-0.4, -0.2) is 86.7 Å². The van der Waals surface area contributed by atoms with Crippen molar-refractivity contribution in [2.75, 3.05) is 51.6 Å². The molecule has 1 unspecified atom stereocenters. The van der Waals surface area contributed by atoms with E-state index in [2.05, 4.69) is 29.7 Å². The fraction of sp³-hybridized carbons (Fsp3) is 0.575. The number of hydrogen-bond acceptors (Lipinski definition) is 9. The number of fused-ring (bicyclic) bond motifs is 1. The lowest BCUT2D eigenvalue weighted by molar-refractivity contribution is -0.136. The maximum absolute atomic E-state index is 13.2. The van der Waals surface area contributed by atoms with Crippen LogP contribution in [0, 0.1) is 0 Å². The highest BCUT2D eigenvalue weighted by molar-refractivity contribution is 6.26. The SMILES string of the molecule is CCCCCCCCCc1ccc(OCCOCCOCCOCCCCCC(=O)Nc2cccc3c2C(=O)N(C2CCC(=O)NC2=O)C3=O)cc1. The van der Waals surface area contributed by atoms with Gasteiger partial charge in [-0.25, -0.2) is 0 Å². The number of anilines is 1. The monoisotopic (exact) mass is 721 g/mol. The molecule has 2 heterocycles. The van der Waals surface area contributed by atoms with E-state index in [1.54, 1.807) is 12.1 Å². The Kier molecular flexibility index (Phi) is 17.8. The standard InChI is InChI=1S/C40H55N3O9/c1-2-3-4-5-6-7-9-13-30-17-19-31(20-18-30)52-29-28-51-27-26-50-25-24-49-23-11-8-10-16-35(44)41-33-15-12-14-32-37(33)40(48)43(39(32)47)34-21-22-36(45)42-38(34)46/h12,14-15,17-20,34H,2-11,13,16,21-29H2,1H3,(H,41,44)(H,42,45,46). The van der Waals surface area contributed by atoms with Crippen molar-refractivity contribution in [3.63, 3.8) is 0 Å². The second-order valence-electron chi connectivity index (χ2n) is 13.2. The summed E-state index contributed by atoms with van der Waals surface area (Å²) in [5, 5.41) is 4.92. The van der Waals surface area contributed by atoms with Gasteiger partial charge in [0.1, 0.15) is 18.4 Å². The molecule has 0 aliphatic carbocycles. The summed E-state index contributed by atoms with van der Waals surface area (Å²) in [6, 6.07) is 11.9. The lowest BCUT2D eigenvalue weighted by Crippen LogP contribution is -2.54. The molecule has 0 spiro atoms. The fourth-order valence-corrected chi connectivity index (χ4v) is 6.30. The zero-order valence-electron chi connectivity index (χ0n) is 30.6. The summed E-state index contributed by atoms with van der Waals surface area (Å²) in [7, 11) is 0. The molecular weight excluding hydrogens is 666 g/mol. The van der Waals surface area contributed by atoms with Crippen LogP contribution in [0.3, 0.4) is 0 Å². The first-order valence-corrected chi connectivity index (χ1v) is 19.0. The molecule has 0 aromatic heterocycles. The van der Waals surface area contributed by atoms with Gasteiger partial charge in [0.2, 0.25) is 17.7 Å². The lowest BCUT2D eigenvalue weighted by Gasteiger charge is -2.27. The lowest BCUT2D eigenvalue weighted by atomic mass is 10.0. The van der Waals surface area contributed by atoms with Crippen LogP contribution in [0.4, 0.5) is 5.69 Å². The number of carbonyl (C=O) groups excluding carboxylic acids is 5. The molecule has 0 saturated carbocycles. The largest absolute Gasteiger partial charge is 0.491 e. The molecule has 5 amide bonds. The number of carbonyl (C=O) groups is 5. The van der Waals surface area contributed by atoms with Gasteiger partial charge >= 0.3 is 0 Å². The first-order valence-electron chi connectivity index (χ1n) is 19.0. The van der Waals surface area contributed by atoms with Crippen LogP contribution < -0.4 is 15.4 Å². The maximum atomic E-state index is 13.2. The van der Waals surface area contributed by atoms with Gasteiger partial charge < -0.3 is 24.3 Å². The highest BCUT2D eigenvalue weighted by Gasteiger charge is 2.45. The van der Waals surface area contributed by atoms with Gasteiger partial charge in [0.25, 0.3) is 11.8 Å². The van der Waals surface area contributed by atoms with Crippen molar-refractivity contribution >= 4 is 35.2 Å². The summed E-state index contributed by atoms with van der Waals surface area (Å²) in [5.41, 5.74) is 1.77. The molecule has 0 radical (unpaired) electrons. The van der Waals surface area contributed by atoms with Crippen LogP contribution >= 0.6 is 0 Å². The molecule has 2 aromatic rings. The van der Waals surface area contributed by atoms with E-state index in [0.717, 1.165) is 29.9 Å². The second kappa shape index (κ2) is 22.7. The molecule has 2 aliphatic rings. The predicted molar refractivity (Wildman–Crippen MR) is 196 cm³/mol. The summed E-state index contributed by atoms with van der Waals surface area (Å²) < 4.78 is 22.6. The Labute approximate surface area is 307 Å². The molecule has 4 rings (SSSR count). The minimum absolute atomic E-state index is 0.0361. The van der Waals surface area contributed by atoms with Crippen LogP contribution in [-0.2, 0) is 35.0 Å². The summed E-state index contributed by atoms with van der Waals surface area (Å²) in [4.78, 5) is 63.5. The highest BCUT2D eigenvalue weighted by Crippen LogP contribution is 2.32. The summed E-state index contributed by atoms with van der Waals surface area (Å²) in [5.74, 6) is -1.81. The third kappa shape index (κ3) is 13.1. The number of benzene rings is 2. The van der Waals surface area contributed by atoms with Crippen LogP contribution in [0.15, 0.2) is 42.5 Å². The Hall–Kier alpha value is -4.13. The Morgan fingerprint density at radius 3 is 2.12 bits per heavy atom. The van der Waals surface area contributed by atoms with E-state index in [0.29, 0.717) is 52.7 Å². The zero-order valence-corrected chi connectivity index (χ0v) is 30.6. The number of hydrogen-bond donors (Lipinski definition) is 2. The van der Waals surface area contributed by atoms with Crippen LogP contribution in [0.2, 0.25) is 0 Å². The van der Waals surface area contributed by atoms with E-state index in [9.17, 15) is 24.0 Å². The van der Waals surface area contributed by atoms with Gasteiger partial charge in [-0.1, -0.05) is 70.1 Å². The van der Waals surface area contributed by atoms with Gasteiger partial charge in [-0.15, -0.1) is 0 Å². The third-order valence-electron chi connectivity index (χ3n) is 9.17. The average Bonchev–Trinajstić information content (AvgIpc) is 3.39. The number of ether oxygens (including phenoxy) is 4. The van der Waals surface area contributed by atoms with Crippen LogP contribution in [0.5, 0.6) is 5.75 Å². The quantitative estimate of drug-likeness (QED) is 0.0880. The van der Waals surface area contributed by atoms with E-state index in [1.165, 1.54) is 56.6 Å². The number of aryl methyl sites for hydroxylation is 1. The molecule has 2 aliphatic heterocycles. The molecule has 1 saturated heterocycles. The number of imide groups is 2. The van der Waals surface area contributed by atoms with Crippen molar-refractivity contribution in [2.24, 2.45) is 0 Å². The number of rotatable bonds is 26. The van der Waals surface area contributed by atoms with Gasteiger partial charge in [-0.3, -0.25) is 34.2 Å².